The molecular weight excluding hydrogens is 382 g/mol. The van der Waals surface area contributed by atoms with E-state index in [0.717, 1.165) is 9.87 Å². The predicted molar refractivity (Wildman–Crippen MR) is 104 cm³/mol. The Bertz CT molecular complexity index is 937. The lowest BCUT2D eigenvalue weighted by atomic mass is 10.2. The van der Waals surface area contributed by atoms with Crippen LogP contribution in [0.4, 0.5) is 0 Å². The first-order valence-corrected chi connectivity index (χ1v) is 10.1. The van der Waals surface area contributed by atoms with E-state index < -0.39 is 22.5 Å². The van der Waals surface area contributed by atoms with Crippen LogP contribution in [0, 0.1) is 6.92 Å². The molecule has 2 rings (SSSR count). The number of nitrogens with zero attached hydrogens (tertiary/aromatic N) is 1. The van der Waals surface area contributed by atoms with Crippen molar-refractivity contribution in [1.82, 2.24) is 4.31 Å². The molecular formula is C20H23NO6S. The number of sulfonamides is 1. The van der Waals surface area contributed by atoms with Gasteiger partial charge < -0.3 is 9.47 Å². The summed E-state index contributed by atoms with van der Waals surface area (Å²) in [7, 11) is -2.57. The molecule has 2 aromatic carbocycles. The lowest BCUT2D eigenvalue weighted by Crippen LogP contribution is -2.33. The molecule has 0 aromatic heterocycles. The van der Waals surface area contributed by atoms with Gasteiger partial charge >= 0.3 is 5.97 Å². The Morgan fingerprint density at radius 2 is 1.64 bits per heavy atom. The number of carbonyl (C=O) groups is 2. The molecule has 0 saturated heterocycles. The van der Waals surface area contributed by atoms with Crippen LogP contribution in [0.3, 0.4) is 0 Å². The molecule has 150 valence electrons. The number of hydrogen-bond acceptors (Lipinski definition) is 6. The largest absolute Gasteiger partial charge is 0.490 e. The molecule has 0 N–H and O–H groups in total. The standard InChI is InChI=1S/C20H23NO6S/c1-15-6-4-5-7-19(15)26-12-13-27-20(23)14-21(3)28(24,25)18-10-8-17(9-11-18)16(2)22/h4-11H,12-14H2,1-3H3. The van der Waals surface area contributed by atoms with Crippen LogP contribution in [-0.2, 0) is 19.6 Å². The molecule has 2 aromatic rings. The van der Waals surface area contributed by atoms with E-state index in [1.807, 2.05) is 31.2 Å². The summed E-state index contributed by atoms with van der Waals surface area (Å²) in [6, 6.07) is 13.0. The maximum atomic E-state index is 12.5. The van der Waals surface area contributed by atoms with Crippen LogP contribution < -0.4 is 4.74 Å². The molecule has 0 saturated carbocycles. The fourth-order valence-corrected chi connectivity index (χ4v) is 3.49. The van der Waals surface area contributed by atoms with E-state index in [1.54, 1.807) is 0 Å². The summed E-state index contributed by atoms with van der Waals surface area (Å²) < 4.78 is 36.5. The van der Waals surface area contributed by atoms with Gasteiger partial charge in [0.1, 0.15) is 25.5 Å². The van der Waals surface area contributed by atoms with E-state index in [4.69, 9.17) is 9.47 Å². The van der Waals surface area contributed by atoms with Crippen molar-refractivity contribution in [3.05, 3.63) is 59.7 Å². The number of rotatable bonds is 9. The van der Waals surface area contributed by atoms with E-state index in [0.29, 0.717) is 11.3 Å². The maximum absolute atomic E-state index is 12.5. The number of benzene rings is 2. The third-order valence-electron chi connectivity index (χ3n) is 4.02. The smallest absolute Gasteiger partial charge is 0.321 e. The highest BCUT2D eigenvalue weighted by molar-refractivity contribution is 7.89. The molecule has 28 heavy (non-hydrogen) atoms. The second-order valence-electron chi connectivity index (χ2n) is 6.18. The quantitative estimate of drug-likeness (QED) is 0.362. The summed E-state index contributed by atoms with van der Waals surface area (Å²) in [5.41, 5.74) is 1.38. The Labute approximate surface area is 164 Å². The first-order valence-electron chi connectivity index (χ1n) is 8.63. The van der Waals surface area contributed by atoms with Gasteiger partial charge in [0.05, 0.1) is 4.90 Å². The third kappa shape index (κ3) is 5.64. The van der Waals surface area contributed by atoms with Crippen LogP contribution in [0.15, 0.2) is 53.4 Å². The third-order valence-corrected chi connectivity index (χ3v) is 5.84. The van der Waals surface area contributed by atoms with Crippen molar-refractivity contribution in [3.8, 4) is 5.75 Å². The molecule has 8 heteroatoms. The number of hydrogen-bond donors (Lipinski definition) is 0. The fraction of sp³-hybridized carbons (Fsp3) is 0.300. The Morgan fingerprint density at radius 1 is 1.00 bits per heavy atom. The summed E-state index contributed by atoms with van der Waals surface area (Å²) in [5, 5.41) is 0. The number of para-hydroxylation sites is 1. The van der Waals surface area contributed by atoms with E-state index in [9.17, 15) is 18.0 Å². The minimum absolute atomic E-state index is 0.00399. The van der Waals surface area contributed by atoms with Crippen molar-refractivity contribution in [2.75, 3.05) is 26.8 Å². The van der Waals surface area contributed by atoms with Crippen LogP contribution in [-0.4, -0.2) is 51.3 Å². The molecule has 0 aliphatic carbocycles. The van der Waals surface area contributed by atoms with Gasteiger partial charge in [-0.05, 0) is 37.6 Å². The molecule has 0 heterocycles. The predicted octanol–water partition coefficient (Wildman–Crippen LogP) is 2.44. The Kier molecular flexibility index (Phi) is 7.31. The topological polar surface area (TPSA) is 90.0 Å². The van der Waals surface area contributed by atoms with Gasteiger partial charge in [-0.3, -0.25) is 9.59 Å². The molecule has 0 atom stereocenters. The minimum atomic E-state index is -3.87. The zero-order valence-electron chi connectivity index (χ0n) is 16.0. The molecule has 0 bridgehead atoms. The fourth-order valence-electron chi connectivity index (χ4n) is 2.38. The van der Waals surface area contributed by atoms with Gasteiger partial charge in [0.2, 0.25) is 10.0 Å². The lowest BCUT2D eigenvalue weighted by Gasteiger charge is -2.16. The van der Waals surface area contributed by atoms with Crippen LogP contribution in [0.2, 0.25) is 0 Å². The summed E-state index contributed by atoms with van der Waals surface area (Å²) in [5.74, 6) is -0.138. The molecule has 0 amide bonds. The van der Waals surface area contributed by atoms with Gasteiger partial charge in [0.15, 0.2) is 5.78 Å². The second-order valence-corrected chi connectivity index (χ2v) is 8.22. The van der Waals surface area contributed by atoms with Gasteiger partial charge in [-0.25, -0.2) is 8.42 Å². The van der Waals surface area contributed by atoms with Crippen molar-refractivity contribution >= 4 is 21.8 Å². The molecule has 0 aliphatic rings. The van der Waals surface area contributed by atoms with E-state index >= 15 is 0 Å². The molecule has 0 spiro atoms. The highest BCUT2D eigenvalue weighted by Gasteiger charge is 2.23. The first kappa shape index (κ1) is 21.6. The van der Waals surface area contributed by atoms with Gasteiger partial charge in [-0.15, -0.1) is 0 Å². The van der Waals surface area contributed by atoms with Gasteiger partial charge in [0.25, 0.3) is 0 Å². The SMILES string of the molecule is CC(=O)c1ccc(S(=O)(=O)N(C)CC(=O)OCCOc2ccccc2C)cc1. The number of esters is 1. The number of likely N-dealkylation sites (N-methyl/N-ethyl adjacent to an activating group) is 1. The zero-order chi connectivity index (χ0) is 20.7. The van der Waals surface area contributed by atoms with Crippen molar-refractivity contribution in [3.63, 3.8) is 0 Å². The average molecular weight is 405 g/mol. The van der Waals surface area contributed by atoms with Crippen molar-refractivity contribution in [1.29, 1.82) is 0 Å². The molecule has 0 radical (unpaired) electrons. The number of ketones is 1. The molecule has 7 nitrogen and oxygen atoms in total. The monoisotopic (exact) mass is 405 g/mol. The normalized spacial score (nSPS) is 11.3. The van der Waals surface area contributed by atoms with Gasteiger partial charge in [-0.1, -0.05) is 30.3 Å². The lowest BCUT2D eigenvalue weighted by molar-refractivity contribution is -0.144. The summed E-state index contributed by atoms with van der Waals surface area (Å²) in [6.45, 7) is 3.05. The average Bonchev–Trinajstić information content (AvgIpc) is 2.66. The minimum Gasteiger partial charge on any atom is -0.490 e. The molecule has 0 aliphatic heterocycles. The summed E-state index contributed by atoms with van der Waals surface area (Å²) in [4.78, 5) is 23.2. The Morgan fingerprint density at radius 3 is 2.25 bits per heavy atom. The van der Waals surface area contributed by atoms with E-state index in [2.05, 4.69) is 0 Å². The Hall–Kier alpha value is -2.71. The molecule has 0 unspecified atom stereocenters. The number of ether oxygens (including phenoxy) is 2. The van der Waals surface area contributed by atoms with Crippen LogP contribution in [0.5, 0.6) is 5.75 Å². The maximum Gasteiger partial charge on any atom is 0.321 e. The zero-order valence-corrected chi connectivity index (χ0v) is 16.9. The highest BCUT2D eigenvalue weighted by Crippen LogP contribution is 2.17. The number of carbonyl (C=O) groups excluding carboxylic acids is 2. The van der Waals surface area contributed by atoms with Gasteiger partial charge in [0, 0.05) is 12.6 Å². The van der Waals surface area contributed by atoms with Crippen LogP contribution >= 0.6 is 0 Å². The molecule has 0 fully saturated rings. The first-order chi connectivity index (χ1) is 13.2. The van der Waals surface area contributed by atoms with E-state index in [1.165, 1.54) is 38.2 Å². The van der Waals surface area contributed by atoms with Crippen molar-refractivity contribution < 1.29 is 27.5 Å². The summed E-state index contributed by atoms with van der Waals surface area (Å²) >= 11 is 0. The van der Waals surface area contributed by atoms with Crippen LogP contribution in [0.25, 0.3) is 0 Å². The van der Waals surface area contributed by atoms with Crippen molar-refractivity contribution in [2.24, 2.45) is 0 Å². The highest BCUT2D eigenvalue weighted by atomic mass is 32.2. The van der Waals surface area contributed by atoms with E-state index in [-0.39, 0.29) is 23.9 Å². The number of aryl methyl sites for hydroxylation is 1. The van der Waals surface area contributed by atoms with Crippen molar-refractivity contribution in [2.45, 2.75) is 18.7 Å². The Balaban J connectivity index is 1.85. The number of Topliss-reactive ketones (excluding diaryl/α,β-unsaturated/α-hetero) is 1. The summed E-state index contributed by atoms with van der Waals surface area (Å²) in [6.07, 6.45) is 0. The second kappa shape index (κ2) is 9.48. The van der Waals surface area contributed by atoms with Crippen LogP contribution in [0.1, 0.15) is 22.8 Å². The van der Waals surface area contributed by atoms with Gasteiger partial charge in [-0.2, -0.15) is 4.31 Å².